The van der Waals surface area contributed by atoms with Gasteiger partial charge in [0.15, 0.2) is 0 Å². The Morgan fingerprint density at radius 1 is 1.53 bits per heavy atom. The number of rotatable bonds is 4. The molecule has 0 amide bonds. The minimum absolute atomic E-state index is 0.469. The summed E-state index contributed by atoms with van der Waals surface area (Å²) in [7, 11) is 2.03. The third-order valence-electron chi connectivity index (χ3n) is 2.39. The number of hydrogen-bond acceptors (Lipinski definition) is 3. The van der Waals surface area contributed by atoms with Crippen LogP contribution >= 0.6 is 38.9 Å². The van der Waals surface area contributed by atoms with Gasteiger partial charge in [-0.3, -0.25) is 0 Å². The van der Waals surface area contributed by atoms with Crippen LogP contribution in [0.4, 0.5) is 5.82 Å². The zero-order valence-electron chi connectivity index (χ0n) is 9.36. The highest BCUT2D eigenvalue weighted by Crippen LogP contribution is 2.24. The summed E-state index contributed by atoms with van der Waals surface area (Å²) in [4.78, 5) is 7.87. The van der Waals surface area contributed by atoms with Crippen LogP contribution in [0, 0.1) is 0 Å². The molecule has 0 unspecified atom stereocenters. The molecule has 5 heteroatoms. The van der Waals surface area contributed by atoms with Gasteiger partial charge in [-0.1, -0.05) is 6.07 Å². The van der Waals surface area contributed by atoms with Gasteiger partial charge in [-0.05, 0) is 33.4 Å². The van der Waals surface area contributed by atoms with Crippen molar-refractivity contribution < 1.29 is 0 Å². The molecule has 2 aromatic rings. The molecule has 0 atom stereocenters. The van der Waals surface area contributed by atoms with Crippen LogP contribution in [0.3, 0.4) is 0 Å². The van der Waals surface area contributed by atoms with Crippen molar-refractivity contribution in [2.45, 2.75) is 12.4 Å². The SMILES string of the molecule is CN(Cc1cccs1)c1ncc(Br)cc1CCl. The summed E-state index contributed by atoms with van der Waals surface area (Å²) in [5.41, 5.74) is 1.04. The lowest BCUT2D eigenvalue weighted by molar-refractivity contribution is 0.901. The van der Waals surface area contributed by atoms with E-state index in [1.807, 2.05) is 13.1 Å². The van der Waals surface area contributed by atoms with Crippen LogP contribution in [0.1, 0.15) is 10.4 Å². The molecule has 90 valence electrons. The Balaban J connectivity index is 2.21. The summed E-state index contributed by atoms with van der Waals surface area (Å²) in [6.07, 6.45) is 1.80. The van der Waals surface area contributed by atoms with Crippen molar-refractivity contribution in [3.05, 3.63) is 44.7 Å². The van der Waals surface area contributed by atoms with E-state index < -0.39 is 0 Å². The lowest BCUT2D eigenvalue weighted by atomic mass is 10.2. The number of anilines is 1. The smallest absolute Gasteiger partial charge is 0.133 e. The van der Waals surface area contributed by atoms with E-state index in [4.69, 9.17) is 11.6 Å². The van der Waals surface area contributed by atoms with Gasteiger partial charge in [0.05, 0.1) is 12.4 Å². The molecule has 2 aromatic heterocycles. The van der Waals surface area contributed by atoms with Crippen LogP contribution in [0.15, 0.2) is 34.2 Å². The van der Waals surface area contributed by atoms with E-state index >= 15 is 0 Å². The Hall–Kier alpha value is -0.580. The van der Waals surface area contributed by atoms with E-state index in [9.17, 15) is 0 Å². The van der Waals surface area contributed by atoms with Gasteiger partial charge in [0, 0.05) is 28.2 Å². The molecule has 0 aliphatic heterocycles. The van der Waals surface area contributed by atoms with Gasteiger partial charge in [0.25, 0.3) is 0 Å². The minimum atomic E-state index is 0.469. The Morgan fingerprint density at radius 2 is 2.35 bits per heavy atom. The first-order chi connectivity index (χ1) is 8.20. The average Bonchev–Trinajstić information content (AvgIpc) is 2.81. The van der Waals surface area contributed by atoms with Crippen molar-refractivity contribution >= 4 is 44.7 Å². The normalized spacial score (nSPS) is 10.5. The Labute approximate surface area is 118 Å². The molecule has 0 bridgehead atoms. The van der Waals surface area contributed by atoms with Crippen molar-refractivity contribution in [1.82, 2.24) is 4.98 Å². The maximum Gasteiger partial charge on any atom is 0.133 e. The second-order valence-electron chi connectivity index (χ2n) is 3.71. The fraction of sp³-hybridized carbons (Fsp3) is 0.250. The summed E-state index contributed by atoms with van der Waals surface area (Å²) in [5, 5.41) is 2.08. The van der Waals surface area contributed by atoms with Gasteiger partial charge in [-0.25, -0.2) is 4.98 Å². The maximum absolute atomic E-state index is 5.95. The lowest BCUT2D eigenvalue weighted by Gasteiger charge is -2.20. The van der Waals surface area contributed by atoms with E-state index in [2.05, 4.69) is 43.3 Å². The Morgan fingerprint density at radius 3 is 3.00 bits per heavy atom. The molecular weight excluding hydrogens is 320 g/mol. The molecule has 2 heterocycles. The van der Waals surface area contributed by atoms with Gasteiger partial charge in [0.1, 0.15) is 5.82 Å². The highest BCUT2D eigenvalue weighted by Gasteiger charge is 2.10. The van der Waals surface area contributed by atoms with Crippen molar-refractivity contribution in [3.63, 3.8) is 0 Å². The number of aromatic nitrogens is 1. The molecule has 0 aliphatic rings. The fourth-order valence-corrected chi connectivity index (χ4v) is 2.96. The molecule has 0 fully saturated rings. The van der Waals surface area contributed by atoms with Gasteiger partial charge in [0.2, 0.25) is 0 Å². The fourth-order valence-electron chi connectivity index (χ4n) is 1.63. The quantitative estimate of drug-likeness (QED) is 0.777. The summed E-state index contributed by atoms with van der Waals surface area (Å²) in [6, 6.07) is 6.20. The highest BCUT2D eigenvalue weighted by atomic mass is 79.9. The van der Waals surface area contributed by atoms with Crippen molar-refractivity contribution in [1.29, 1.82) is 0 Å². The van der Waals surface area contributed by atoms with E-state index in [0.29, 0.717) is 5.88 Å². The van der Waals surface area contributed by atoms with E-state index in [0.717, 1.165) is 22.4 Å². The summed E-state index contributed by atoms with van der Waals surface area (Å²) >= 11 is 11.1. The third kappa shape index (κ3) is 3.21. The predicted octanol–water partition coefficient (Wildman–Crippen LogP) is 4.28. The third-order valence-corrected chi connectivity index (χ3v) is 3.97. The number of alkyl halides is 1. The second-order valence-corrected chi connectivity index (χ2v) is 5.92. The summed E-state index contributed by atoms with van der Waals surface area (Å²) < 4.78 is 0.960. The number of hydrogen-bond donors (Lipinski definition) is 0. The van der Waals surface area contributed by atoms with Crippen LogP contribution in [0.2, 0.25) is 0 Å². The molecule has 0 spiro atoms. The first-order valence-electron chi connectivity index (χ1n) is 5.14. The van der Waals surface area contributed by atoms with Gasteiger partial charge < -0.3 is 4.90 Å². The molecule has 2 nitrogen and oxygen atoms in total. The number of nitrogens with zero attached hydrogens (tertiary/aromatic N) is 2. The molecule has 0 aliphatic carbocycles. The highest BCUT2D eigenvalue weighted by molar-refractivity contribution is 9.10. The molecule has 0 saturated carbocycles. The number of halogens is 2. The first-order valence-corrected chi connectivity index (χ1v) is 7.35. The molecule has 17 heavy (non-hydrogen) atoms. The van der Waals surface area contributed by atoms with E-state index in [1.165, 1.54) is 4.88 Å². The van der Waals surface area contributed by atoms with Gasteiger partial charge in [-0.2, -0.15) is 0 Å². The molecule has 0 radical (unpaired) electrons. The van der Waals surface area contributed by atoms with E-state index in [1.54, 1.807) is 17.5 Å². The number of thiophene rings is 1. The second kappa shape index (κ2) is 5.85. The molecule has 0 N–H and O–H groups in total. The summed E-state index contributed by atoms with van der Waals surface area (Å²) in [6.45, 7) is 0.857. The Bertz CT molecular complexity index is 487. The van der Waals surface area contributed by atoms with Crippen molar-refractivity contribution in [2.24, 2.45) is 0 Å². The van der Waals surface area contributed by atoms with Gasteiger partial charge in [-0.15, -0.1) is 22.9 Å². The van der Waals surface area contributed by atoms with E-state index in [-0.39, 0.29) is 0 Å². The summed E-state index contributed by atoms with van der Waals surface area (Å²) in [5.74, 6) is 1.41. The van der Waals surface area contributed by atoms with Crippen LogP contribution in [-0.4, -0.2) is 12.0 Å². The minimum Gasteiger partial charge on any atom is -0.354 e. The van der Waals surface area contributed by atoms with Crippen molar-refractivity contribution in [2.75, 3.05) is 11.9 Å². The maximum atomic E-state index is 5.95. The lowest BCUT2D eigenvalue weighted by Crippen LogP contribution is -2.18. The monoisotopic (exact) mass is 330 g/mol. The topological polar surface area (TPSA) is 16.1 Å². The van der Waals surface area contributed by atoms with Crippen LogP contribution in [0.5, 0.6) is 0 Å². The van der Waals surface area contributed by atoms with Gasteiger partial charge >= 0.3 is 0 Å². The standard InChI is InChI=1S/C12H12BrClN2S/c1-16(8-11-3-2-4-17-11)12-9(6-14)5-10(13)7-15-12/h2-5,7H,6,8H2,1H3. The largest absolute Gasteiger partial charge is 0.354 e. The first kappa shape index (κ1) is 12.9. The molecule has 2 rings (SSSR count). The van der Waals surface area contributed by atoms with Crippen LogP contribution in [-0.2, 0) is 12.4 Å². The van der Waals surface area contributed by atoms with Crippen molar-refractivity contribution in [3.8, 4) is 0 Å². The zero-order valence-corrected chi connectivity index (χ0v) is 12.5. The van der Waals surface area contributed by atoms with Crippen LogP contribution < -0.4 is 4.90 Å². The average molecular weight is 332 g/mol. The molecule has 0 saturated heterocycles. The zero-order chi connectivity index (χ0) is 12.3. The van der Waals surface area contributed by atoms with Crippen LogP contribution in [0.25, 0.3) is 0 Å². The number of pyridine rings is 1. The molecular formula is C12H12BrClN2S. The molecule has 0 aromatic carbocycles. The predicted molar refractivity (Wildman–Crippen MR) is 77.9 cm³/mol. The Kier molecular flexibility index (Phi) is 4.42.